The third-order valence-corrected chi connectivity index (χ3v) is 8.71. The lowest BCUT2D eigenvalue weighted by molar-refractivity contribution is -0.252. The summed E-state index contributed by atoms with van der Waals surface area (Å²) in [6, 6.07) is 42.1. The largest absolute Gasteiger partial charge is 0.392 e. The van der Waals surface area contributed by atoms with E-state index in [1.54, 1.807) is 0 Å². The molecule has 0 unspecified atom stereocenters. The summed E-state index contributed by atoms with van der Waals surface area (Å²) in [5.74, 6) is 0. The molecule has 0 bridgehead atoms. The number of benzene rings is 5. The first-order valence-electron chi connectivity index (χ1n) is 16.3. The van der Waals surface area contributed by atoms with Gasteiger partial charge in [-0.3, -0.25) is 0 Å². The third kappa shape index (κ3) is 7.47. The summed E-state index contributed by atoms with van der Waals surface area (Å²) < 4.78 is 15.4. The van der Waals surface area contributed by atoms with Gasteiger partial charge in [-0.25, -0.2) is 9.78 Å². The van der Waals surface area contributed by atoms with Gasteiger partial charge >= 0.3 is 6.03 Å². The topological polar surface area (TPSA) is 97.6 Å². The van der Waals surface area contributed by atoms with Gasteiger partial charge in [-0.1, -0.05) is 103 Å². The third-order valence-electron chi connectivity index (χ3n) is 8.71. The molecule has 8 heteroatoms. The standard InChI is InChI=1S/C40H38N4O4/c45-26-29-16-18-31(19-17-29)38-22-35(25-44-27-43-36-14-4-5-15-37(36)44)47-39(48-38)34-13-7-12-33(21-34)32-11-6-10-30(20-32)24-42-40(46)41-23-28-8-2-1-3-9-28/h1-21,27,35,38-39,45H,22-26H2,(H2,41,42,46)/t35-,38+,39+/m1/s1. The molecule has 0 radical (unpaired) electrons. The van der Waals surface area contributed by atoms with Gasteiger partial charge in [-0.2, -0.15) is 0 Å². The van der Waals surface area contributed by atoms with Crippen LogP contribution in [-0.4, -0.2) is 26.8 Å². The molecule has 1 aromatic heterocycles. The van der Waals surface area contributed by atoms with Crippen molar-refractivity contribution in [3.8, 4) is 11.1 Å². The maximum atomic E-state index is 12.5. The van der Waals surface area contributed by atoms with Crippen molar-refractivity contribution in [3.63, 3.8) is 0 Å². The molecule has 3 atom stereocenters. The van der Waals surface area contributed by atoms with Crippen LogP contribution in [0.4, 0.5) is 4.79 Å². The van der Waals surface area contributed by atoms with E-state index < -0.39 is 6.29 Å². The Morgan fingerprint density at radius 1 is 0.729 bits per heavy atom. The van der Waals surface area contributed by atoms with Gasteiger partial charge in [0.05, 0.1) is 42.7 Å². The molecule has 48 heavy (non-hydrogen) atoms. The van der Waals surface area contributed by atoms with E-state index in [0.29, 0.717) is 26.1 Å². The molecule has 6 aromatic rings. The second-order valence-electron chi connectivity index (χ2n) is 12.1. The van der Waals surface area contributed by atoms with E-state index >= 15 is 0 Å². The molecule has 1 fully saturated rings. The molecule has 1 aliphatic heterocycles. The van der Waals surface area contributed by atoms with Crippen molar-refractivity contribution in [1.29, 1.82) is 0 Å². The van der Waals surface area contributed by atoms with Gasteiger partial charge in [-0.15, -0.1) is 0 Å². The fourth-order valence-corrected chi connectivity index (χ4v) is 6.16. The molecule has 7 rings (SSSR count). The van der Waals surface area contributed by atoms with Crippen LogP contribution in [0.25, 0.3) is 22.2 Å². The van der Waals surface area contributed by atoms with E-state index in [2.05, 4.69) is 50.5 Å². The monoisotopic (exact) mass is 638 g/mol. The Kier molecular flexibility index (Phi) is 9.56. The Labute approximate surface area is 280 Å². The van der Waals surface area contributed by atoms with Crippen molar-refractivity contribution >= 4 is 17.1 Å². The average Bonchev–Trinajstić information content (AvgIpc) is 3.56. The van der Waals surface area contributed by atoms with Gasteiger partial charge in [0, 0.05) is 25.1 Å². The molecular weight excluding hydrogens is 600 g/mol. The first-order valence-corrected chi connectivity index (χ1v) is 16.3. The number of carbonyl (C=O) groups is 1. The van der Waals surface area contributed by atoms with Crippen LogP contribution < -0.4 is 10.6 Å². The first kappa shape index (κ1) is 31.3. The summed E-state index contributed by atoms with van der Waals surface area (Å²) >= 11 is 0. The SMILES string of the molecule is O=C(NCc1ccccc1)NCc1cccc(-c2cccc([C@H]3O[C@@H](Cn4cnc5ccccc54)C[C@@H](c4ccc(CO)cc4)O3)c2)c1. The minimum Gasteiger partial charge on any atom is -0.392 e. The molecule has 0 spiro atoms. The number of aliphatic hydroxyl groups excluding tert-OH is 1. The number of para-hydroxylation sites is 2. The number of hydrogen-bond donors (Lipinski definition) is 3. The number of rotatable bonds is 10. The van der Waals surface area contributed by atoms with E-state index in [0.717, 1.165) is 50.0 Å². The second-order valence-corrected chi connectivity index (χ2v) is 12.1. The molecule has 0 saturated carbocycles. The molecule has 1 saturated heterocycles. The van der Waals surface area contributed by atoms with Gasteiger partial charge in [-0.05, 0) is 57.6 Å². The van der Waals surface area contributed by atoms with Crippen molar-refractivity contribution in [2.75, 3.05) is 0 Å². The van der Waals surface area contributed by atoms with Crippen molar-refractivity contribution < 1.29 is 19.4 Å². The summed E-state index contributed by atoms with van der Waals surface area (Å²) in [5, 5.41) is 15.4. The van der Waals surface area contributed by atoms with Crippen LogP contribution in [0.1, 0.15) is 46.6 Å². The second kappa shape index (κ2) is 14.6. The number of nitrogens with one attached hydrogen (secondary N) is 2. The summed E-state index contributed by atoms with van der Waals surface area (Å²) in [4.78, 5) is 17.0. The van der Waals surface area contributed by atoms with Crippen molar-refractivity contribution in [2.45, 2.75) is 51.2 Å². The molecule has 0 aliphatic carbocycles. The quantitative estimate of drug-likeness (QED) is 0.145. The van der Waals surface area contributed by atoms with Gasteiger partial charge in [0.15, 0.2) is 6.29 Å². The number of hydrogen-bond acceptors (Lipinski definition) is 5. The Bertz CT molecular complexity index is 1980. The van der Waals surface area contributed by atoms with Crippen LogP contribution in [0, 0.1) is 0 Å². The van der Waals surface area contributed by atoms with E-state index in [1.807, 2.05) is 103 Å². The van der Waals surface area contributed by atoms with Crippen molar-refractivity contribution in [3.05, 3.63) is 162 Å². The van der Waals surface area contributed by atoms with Crippen molar-refractivity contribution in [1.82, 2.24) is 20.2 Å². The lowest BCUT2D eigenvalue weighted by atomic mass is 9.98. The van der Waals surface area contributed by atoms with Gasteiger partial charge < -0.3 is 29.8 Å². The lowest BCUT2D eigenvalue weighted by Gasteiger charge is -2.36. The lowest BCUT2D eigenvalue weighted by Crippen LogP contribution is -2.34. The highest BCUT2D eigenvalue weighted by atomic mass is 16.7. The number of urea groups is 1. The number of nitrogens with zero attached hydrogens (tertiary/aromatic N) is 2. The number of ether oxygens (including phenoxy) is 2. The Balaban J connectivity index is 1.08. The Morgan fingerprint density at radius 2 is 1.44 bits per heavy atom. The number of fused-ring (bicyclic) bond motifs is 1. The van der Waals surface area contributed by atoms with Gasteiger partial charge in [0.1, 0.15) is 0 Å². The number of amides is 2. The molecule has 8 nitrogen and oxygen atoms in total. The maximum Gasteiger partial charge on any atom is 0.315 e. The highest BCUT2D eigenvalue weighted by molar-refractivity contribution is 5.75. The fraction of sp³-hybridized carbons (Fsp3) is 0.200. The van der Waals surface area contributed by atoms with Crippen LogP contribution in [-0.2, 0) is 35.7 Å². The van der Waals surface area contributed by atoms with E-state index in [9.17, 15) is 9.90 Å². The van der Waals surface area contributed by atoms with Gasteiger partial charge in [0.25, 0.3) is 0 Å². The van der Waals surface area contributed by atoms with E-state index in [-0.39, 0.29) is 24.8 Å². The Morgan fingerprint density at radius 3 is 2.25 bits per heavy atom. The highest BCUT2D eigenvalue weighted by Gasteiger charge is 2.33. The van der Waals surface area contributed by atoms with Crippen molar-refractivity contribution in [2.24, 2.45) is 0 Å². The summed E-state index contributed by atoms with van der Waals surface area (Å²) in [6.45, 7) is 1.52. The highest BCUT2D eigenvalue weighted by Crippen LogP contribution is 2.39. The number of aliphatic hydroxyl groups is 1. The first-order chi connectivity index (χ1) is 23.6. The van der Waals surface area contributed by atoms with Crippen LogP contribution in [0.15, 0.2) is 134 Å². The minimum absolute atomic E-state index is 0.000616. The van der Waals surface area contributed by atoms with E-state index in [1.165, 1.54) is 0 Å². The molecule has 2 amide bonds. The van der Waals surface area contributed by atoms with Crippen LogP contribution in [0.2, 0.25) is 0 Å². The van der Waals surface area contributed by atoms with Crippen LogP contribution in [0.5, 0.6) is 0 Å². The molecule has 2 heterocycles. The zero-order chi connectivity index (χ0) is 32.7. The zero-order valence-corrected chi connectivity index (χ0v) is 26.5. The smallest absolute Gasteiger partial charge is 0.315 e. The number of aromatic nitrogens is 2. The van der Waals surface area contributed by atoms with E-state index in [4.69, 9.17) is 9.47 Å². The molecule has 3 N–H and O–H groups in total. The molecular formula is C40H38N4O4. The molecule has 242 valence electrons. The average molecular weight is 639 g/mol. The zero-order valence-electron chi connectivity index (χ0n) is 26.5. The van der Waals surface area contributed by atoms with Crippen LogP contribution >= 0.6 is 0 Å². The predicted molar refractivity (Wildman–Crippen MR) is 186 cm³/mol. The normalized spacial score (nSPS) is 17.6. The minimum atomic E-state index is -0.584. The molecule has 5 aromatic carbocycles. The summed E-state index contributed by atoms with van der Waals surface area (Å²) in [7, 11) is 0. The molecule has 1 aliphatic rings. The fourth-order valence-electron chi connectivity index (χ4n) is 6.16. The van der Waals surface area contributed by atoms with Gasteiger partial charge in [0.2, 0.25) is 0 Å². The predicted octanol–water partition coefficient (Wildman–Crippen LogP) is 7.44. The van der Waals surface area contributed by atoms with Crippen LogP contribution in [0.3, 0.4) is 0 Å². The summed E-state index contributed by atoms with van der Waals surface area (Å²) in [5.41, 5.74) is 8.97. The number of carbonyl (C=O) groups excluding carboxylic acids is 1. The maximum absolute atomic E-state index is 12.5. The number of imidazole rings is 1. The summed E-state index contributed by atoms with van der Waals surface area (Å²) in [6.07, 6.45) is 1.64. The Hall–Kier alpha value is -5.28.